The molecule has 0 aliphatic rings. The Morgan fingerprint density at radius 3 is 1.95 bits per heavy atom. The van der Waals surface area contributed by atoms with E-state index < -0.39 is 40.9 Å². The zero-order chi connectivity index (χ0) is 28.6. The van der Waals surface area contributed by atoms with E-state index in [9.17, 15) is 24.3 Å². The monoisotopic (exact) mass is 521 g/mol. The maximum atomic E-state index is 12.6. The molecule has 0 heterocycles. The molecule has 1 rings (SSSR count). The zero-order valence-corrected chi connectivity index (χ0v) is 23.6. The summed E-state index contributed by atoms with van der Waals surface area (Å²) < 4.78 is 16.4. The van der Waals surface area contributed by atoms with Crippen molar-refractivity contribution in [1.29, 1.82) is 0 Å². The van der Waals surface area contributed by atoms with Crippen LogP contribution >= 0.6 is 0 Å². The van der Waals surface area contributed by atoms with Crippen molar-refractivity contribution in [2.75, 3.05) is 6.54 Å². The first kappa shape index (κ1) is 32.1. The third-order valence-corrected chi connectivity index (χ3v) is 5.57. The molecule has 0 aliphatic heterocycles. The van der Waals surface area contributed by atoms with Gasteiger partial charge < -0.3 is 24.6 Å². The Hall–Kier alpha value is -2.94. The molecule has 2 unspecified atom stereocenters. The Morgan fingerprint density at radius 1 is 0.919 bits per heavy atom. The van der Waals surface area contributed by atoms with Crippen molar-refractivity contribution < 1.29 is 38.5 Å². The summed E-state index contributed by atoms with van der Waals surface area (Å²) in [5, 5.41) is 12.7. The molecule has 0 bridgehead atoms. The van der Waals surface area contributed by atoms with Gasteiger partial charge in [-0.15, -0.1) is 0 Å². The van der Waals surface area contributed by atoms with Gasteiger partial charge in [0.1, 0.15) is 12.1 Å². The first-order valence-electron chi connectivity index (χ1n) is 12.7. The number of esters is 3. The topological polar surface area (TPSA) is 128 Å². The van der Waals surface area contributed by atoms with Crippen LogP contribution in [0.15, 0.2) is 18.2 Å². The van der Waals surface area contributed by atoms with Crippen molar-refractivity contribution in [2.24, 2.45) is 16.7 Å². The summed E-state index contributed by atoms with van der Waals surface area (Å²) in [6, 6.07) is 3.61. The lowest BCUT2D eigenvalue weighted by atomic mass is 9.97. The fraction of sp³-hybridized carbons (Fsp3) is 0.643. The van der Waals surface area contributed by atoms with E-state index in [0.717, 1.165) is 6.42 Å². The van der Waals surface area contributed by atoms with E-state index in [1.54, 1.807) is 54.5 Å². The zero-order valence-electron chi connectivity index (χ0n) is 23.6. The highest BCUT2D eigenvalue weighted by atomic mass is 16.6. The minimum Gasteiger partial charge on any atom is -0.480 e. The summed E-state index contributed by atoms with van der Waals surface area (Å²) in [4.78, 5) is 48.9. The van der Waals surface area contributed by atoms with E-state index in [1.165, 1.54) is 12.1 Å². The summed E-state index contributed by atoms with van der Waals surface area (Å²) in [7, 11) is 0. The van der Waals surface area contributed by atoms with Gasteiger partial charge >= 0.3 is 23.9 Å². The molecular formula is C28H43NO8. The van der Waals surface area contributed by atoms with Crippen LogP contribution in [-0.2, 0) is 30.3 Å². The molecule has 0 amide bonds. The first-order valence-corrected chi connectivity index (χ1v) is 12.7. The number of carbonyl (C=O) groups excluding carboxylic acids is 3. The molecule has 2 N–H and O–H groups in total. The lowest BCUT2D eigenvalue weighted by Crippen LogP contribution is -2.42. The van der Waals surface area contributed by atoms with Crippen molar-refractivity contribution in [1.82, 2.24) is 5.32 Å². The average Bonchev–Trinajstić information content (AvgIpc) is 2.76. The molecule has 37 heavy (non-hydrogen) atoms. The average molecular weight is 522 g/mol. The van der Waals surface area contributed by atoms with Crippen molar-refractivity contribution in [3.8, 4) is 11.5 Å². The largest absolute Gasteiger partial charge is 0.480 e. The third kappa shape index (κ3) is 11.3. The molecule has 0 aromatic heterocycles. The minimum absolute atomic E-state index is 0.0338. The van der Waals surface area contributed by atoms with Crippen molar-refractivity contribution in [2.45, 2.75) is 93.7 Å². The van der Waals surface area contributed by atoms with Gasteiger partial charge in [-0.3, -0.25) is 19.2 Å². The van der Waals surface area contributed by atoms with Crippen LogP contribution in [0.2, 0.25) is 0 Å². The predicted octanol–water partition coefficient (Wildman–Crippen LogP) is 4.54. The second-order valence-corrected chi connectivity index (χ2v) is 11.6. The van der Waals surface area contributed by atoms with E-state index in [0.29, 0.717) is 12.0 Å². The molecule has 0 fully saturated rings. The van der Waals surface area contributed by atoms with Crippen LogP contribution in [-0.4, -0.2) is 47.7 Å². The lowest BCUT2D eigenvalue weighted by molar-refractivity contribution is -0.149. The van der Waals surface area contributed by atoms with Gasteiger partial charge in [0, 0.05) is 13.0 Å². The number of rotatable bonds is 12. The highest BCUT2D eigenvalue weighted by Crippen LogP contribution is 2.33. The van der Waals surface area contributed by atoms with E-state index in [-0.39, 0.29) is 36.4 Å². The van der Waals surface area contributed by atoms with Gasteiger partial charge in [-0.05, 0) is 78.5 Å². The molecule has 208 valence electrons. The van der Waals surface area contributed by atoms with Crippen molar-refractivity contribution >= 4 is 23.9 Å². The lowest BCUT2D eigenvalue weighted by Gasteiger charge is -2.22. The number of ether oxygens (including phenoxy) is 3. The fourth-order valence-electron chi connectivity index (χ4n) is 2.88. The number of carbonyl (C=O) groups is 4. The number of aliphatic carboxylic acids is 1. The Kier molecular flexibility index (Phi) is 11.8. The minimum atomic E-state index is -1.09. The molecule has 0 aliphatic carbocycles. The van der Waals surface area contributed by atoms with Gasteiger partial charge in [0.05, 0.1) is 10.8 Å². The van der Waals surface area contributed by atoms with E-state index in [1.807, 2.05) is 13.8 Å². The molecule has 0 radical (unpaired) electrons. The van der Waals surface area contributed by atoms with Crippen LogP contribution in [0.4, 0.5) is 0 Å². The van der Waals surface area contributed by atoms with Gasteiger partial charge in [-0.2, -0.15) is 0 Å². The van der Waals surface area contributed by atoms with Gasteiger partial charge in [-0.25, -0.2) is 0 Å². The van der Waals surface area contributed by atoms with Crippen molar-refractivity contribution in [3.63, 3.8) is 0 Å². The highest BCUT2D eigenvalue weighted by molar-refractivity contribution is 5.81. The predicted molar refractivity (Wildman–Crippen MR) is 139 cm³/mol. The summed E-state index contributed by atoms with van der Waals surface area (Å²) in [5.74, 6) is -2.12. The molecule has 0 spiro atoms. The van der Waals surface area contributed by atoms with E-state index >= 15 is 0 Å². The second kappa shape index (κ2) is 13.6. The normalized spacial score (nSPS) is 14.3. The molecule has 0 saturated carbocycles. The van der Waals surface area contributed by atoms with Crippen LogP contribution in [0.1, 0.15) is 80.7 Å². The second-order valence-electron chi connectivity index (χ2n) is 11.6. The molecule has 3 atom stereocenters. The number of carboxylic acids is 1. The molecule has 0 saturated heterocycles. The maximum absolute atomic E-state index is 12.6. The SMILES string of the molecule is CCC(C)CC(=O)OC(C)CN[C@@H](Cc1ccc(OC(=O)C(C)(C)C)c(OC(=O)C(C)(C)C)c1)C(=O)O. The number of nitrogens with one attached hydrogen (secondary N) is 1. The Balaban J connectivity index is 3.04. The Labute approximate surface area is 220 Å². The van der Waals surface area contributed by atoms with Gasteiger partial charge in [-0.1, -0.05) is 26.3 Å². The molecule has 1 aromatic rings. The van der Waals surface area contributed by atoms with Crippen LogP contribution in [0.3, 0.4) is 0 Å². The maximum Gasteiger partial charge on any atom is 0.321 e. The van der Waals surface area contributed by atoms with Crippen LogP contribution in [0.25, 0.3) is 0 Å². The molecule has 9 heteroatoms. The third-order valence-electron chi connectivity index (χ3n) is 5.57. The molecule has 9 nitrogen and oxygen atoms in total. The smallest absolute Gasteiger partial charge is 0.321 e. The fourth-order valence-corrected chi connectivity index (χ4v) is 2.88. The summed E-state index contributed by atoms with van der Waals surface area (Å²) in [6.45, 7) is 16.0. The number of benzene rings is 1. The Bertz CT molecular complexity index is 958. The van der Waals surface area contributed by atoms with E-state index in [4.69, 9.17) is 14.2 Å². The number of hydrogen-bond donors (Lipinski definition) is 2. The molecule has 1 aromatic carbocycles. The van der Waals surface area contributed by atoms with E-state index in [2.05, 4.69) is 5.32 Å². The first-order chi connectivity index (χ1) is 16.9. The summed E-state index contributed by atoms with van der Waals surface area (Å²) >= 11 is 0. The van der Waals surface area contributed by atoms with Crippen molar-refractivity contribution in [3.05, 3.63) is 23.8 Å². The highest BCUT2D eigenvalue weighted by Gasteiger charge is 2.29. The summed E-state index contributed by atoms with van der Waals surface area (Å²) in [6.07, 6.45) is 0.715. The van der Waals surface area contributed by atoms with Crippen LogP contribution in [0, 0.1) is 16.7 Å². The van der Waals surface area contributed by atoms with Crippen LogP contribution < -0.4 is 14.8 Å². The quantitative estimate of drug-likeness (QED) is 0.301. The number of carboxylic acid groups (broad SMARTS) is 1. The summed E-state index contributed by atoms with van der Waals surface area (Å²) in [5.41, 5.74) is -1.04. The van der Waals surface area contributed by atoms with Crippen LogP contribution in [0.5, 0.6) is 11.5 Å². The standard InChI is InChI=1S/C28H43NO8/c1-10-17(2)13-23(30)35-18(3)16-29-20(24(31)32)14-19-11-12-21(36-25(33)27(4,5)6)22(15-19)37-26(34)28(7,8)9/h11-12,15,17-18,20,29H,10,13-14,16H2,1-9H3,(H,31,32)/t17?,18?,20-/m0/s1. The molecular weight excluding hydrogens is 478 g/mol. The number of hydrogen-bond acceptors (Lipinski definition) is 8. The Morgan fingerprint density at radius 2 is 1.46 bits per heavy atom. The van der Waals surface area contributed by atoms with Gasteiger partial charge in [0.15, 0.2) is 11.5 Å². The van der Waals surface area contributed by atoms with Gasteiger partial charge in [0.25, 0.3) is 0 Å². The van der Waals surface area contributed by atoms with Gasteiger partial charge in [0.2, 0.25) is 0 Å².